The first-order valence-corrected chi connectivity index (χ1v) is 12.0. The van der Waals surface area contributed by atoms with Gasteiger partial charge in [0.2, 0.25) is 5.91 Å². The number of rotatable bonds is 4. The van der Waals surface area contributed by atoms with Crippen molar-refractivity contribution in [2.45, 2.75) is 55.0 Å². The van der Waals surface area contributed by atoms with Crippen LogP contribution in [0.5, 0.6) is 0 Å². The molecule has 2 bridgehead atoms. The number of hydrogen-bond donors (Lipinski definition) is 0. The van der Waals surface area contributed by atoms with Crippen molar-refractivity contribution in [3.05, 3.63) is 65.5 Å². The highest BCUT2D eigenvalue weighted by molar-refractivity contribution is 7.90. The number of benzene rings is 2. The van der Waals surface area contributed by atoms with Gasteiger partial charge in [-0.25, -0.2) is 17.1 Å². The van der Waals surface area contributed by atoms with Crippen molar-refractivity contribution in [3.63, 3.8) is 0 Å². The molecule has 8 heteroatoms. The lowest BCUT2D eigenvalue weighted by molar-refractivity contribution is -0.135. The van der Waals surface area contributed by atoms with E-state index >= 15 is 0 Å². The molecular weight excluding hydrogens is 419 g/mol. The Bertz CT molecular complexity index is 1130. The average Bonchev–Trinajstić information content (AvgIpc) is 3.13. The minimum Gasteiger partial charge on any atom is -0.337 e. The monoisotopic (exact) mass is 442 g/mol. The first-order chi connectivity index (χ1) is 14.9. The summed E-state index contributed by atoms with van der Waals surface area (Å²) in [7, 11) is -3.90. The van der Waals surface area contributed by atoms with Gasteiger partial charge in [-0.3, -0.25) is 9.59 Å². The second-order valence-electron chi connectivity index (χ2n) is 8.53. The molecule has 6 nitrogen and oxygen atoms in total. The number of fused-ring (bicyclic) bond motifs is 3. The van der Waals surface area contributed by atoms with Crippen LogP contribution in [0, 0.1) is 5.82 Å². The van der Waals surface area contributed by atoms with E-state index in [1.54, 1.807) is 12.1 Å². The molecule has 0 unspecified atom stereocenters. The normalized spacial score (nSPS) is 26.2. The lowest BCUT2D eigenvalue weighted by atomic mass is 9.85. The second-order valence-corrected chi connectivity index (χ2v) is 10.4. The van der Waals surface area contributed by atoms with Gasteiger partial charge in [0.15, 0.2) is 0 Å². The van der Waals surface area contributed by atoms with Gasteiger partial charge in [0.1, 0.15) is 10.7 Å². The number of amides is 2. The molecule has 0 radical (unpaired) electrons. The zero-order valence-electron chi connectivity index (χ0n) is 16.9. The SMILES string of the molecule is O=C(CCN1C(=O)c2ccccc2S1(=O)=O)N1[C@H]2CC[C@H]1CC(c1ccc(F)cc1)C2. The molecule has 2 aromatic carbocycles. The molecule has 3 aliphatic rings. The highest BCUT2D eigenvalue weighted by Gasteiger charge is 2.45. The molecule has 2 amide bonds. The molecule has 0 spiro atoms. The van der Waals surface area contributed by atoms with Crippen LogP contribution in [0.4, 0.5) is 4.39 Å². The summed E-state index contributed by atoms with van der Waals surface area (Å²) in [4.78, 5) is 27.5. The summed E-state index contributed by atoms with van der Waals surface area (Å²) in [6.07, 6.45) is 3.45. The number of halogens is 1. The van der Waals surface area contributed by atoms with Crippen LogP contribution in [0.3, 0.4) is 0 Å². The van der Waals surface area contributed by atoms with E-state index in [0.29, 0.717) is 0 Å². The fourth-order valence-electron chi connectivity index (χ4n) is 5.37. The van der Waals surface area contributed by atoms with Gasteiger partial charge in [-0.2, -0.15) is 0 Å². The summed E-state index contributed by atoms with van der Waals surface area (Å²) in [5.41, 5.74) is 1.26. The third kappa shape index (κ3) is 3.33. The summed E-state index contributed by atoms with van der Waals surface area (Å²) in [5, 5.41) is 0. The number of carbonyl (C=O) groups excluding carboxylic acids is 2. The Labute approximate surface area is 180 Å². The number of sulfonamides is 1. The van der Waals surface area contributed by atoms with E-state index in [4.69, 9.17) is 0 Å². The second kappa shape index (κ2) is 7.44. The first kappa shape index (κ1) is 20.2. The maximum absolute atomic E-state index is 13.2. The maximum atomic E-state index is 13.2. The van der Waals surface area contributed by atoms with Crippen LogP contribution in [-0.2, 0) is 14.8 Å². The van der Waals surface area contributed by atoms with Crippen molar-refractivity contribution < 1.29 is 22.4 Å². The van der Waals surface area contributed by atoms with Gasteiger partial charge in [0.05, 0.1) is 5.56 Å². The Morgan fingerprint density at radius 3 is 2.29 bits per heavy atom. The average molecular weight is 443 g/mol. The zero-order chi connectivity index (χ0) is 21.8. The highest BCUT2D eigenvalue weighted by atomic mass is 32.2. The molecule has 3 aliphatic heterocycles. The van der Waals surface area contributed by atoms with Gasteiger partial charge in [0.25, 0.3) is 15.9 Å². The number of nitrogens with zero attached hydrogens (tertiary/aromatic N) is 2. The van der Waals surface area contributed by atoms with Gasteiger partial charge in [0, 0.05) is 25.0 Å². The molecule has 2 atom stereocenters. The standard InChI is InChI=1S/C23H23FN2O4S/c24-17-7-5-15(6-8-17)16-13-18-9-10-19(14-16)26(18)22(27)11-12-25-23(28)20-3-1-2-4-21(20)31(25,29)30/h1-8,16,18-19H,9-14H2/t18-,19-/m0/s1. The summed E-state index contributed by atoms with van der Waals surface area (Å²) in [6, 6.07) is 12.9. The van der Waals surface area contributed by atoms with Crippen LogP contribution in [0.15, 0.2) is 53.4 Å². The first-order valence-electron chi connectivity index (χ1n) is 10.6. The maximum Gasteiger partial charge on any atom is 0.269 e. The van der Waals surface area contributed by atoms with Crippen molar-refractivity contribution in [1.82, 2.24) is 9.21 Å². The Morgan fingerprint density at radius 1 is 1.00 bits per heavy atom. The molecular formula is C23H23FN2O4S. The molecule has 0 aromatic heterocycles. The Hall–Kier alpha value is -2.74. The van der Waals surface area contributed by atoms with Crippen LogP contribution in [0.1, 0.15) is 53.9 Å². The van der Waals surface area contributed by atoms with Crippen LogP contribution in [0.2, 0.25) is 0 Å². The van der Waals surface area contributed by atoms with Gasteiger partial charge in [-0.1, -0.05) is 24.3 Å². The van der Waals surface area contributed by atoms with Crippen LogP contribution >= 0.6 is 0 Å². The number of carbonyl (C=O) groups is 2. The molecule has 2 saturated heterocycles. The van der Waals surface area contributed by atoms with Crippen LogP contribution < -0.4 is 0 Å². The van der Waals surface area contributed by atoms with Crippen molar-refractivity contribution in [2.75, 3.05) is 6.54 Å². The van der Waals surface area contributed by atoms with E-state index in [2.05, 4.69) is 0 Å². The molecule has 2 aromatic rings. The van der Waals surface area contributed by atoms with Gasteiger partial charge in [-0.15, -0.1) is 0 Å². The topological polar surface area (TPSA) is 74.8 Å². The van der Waals surface area contributed by atoms with Crippen LogP contribution in [-0.4, -0.2) is 48.1 Å². The largest absolute Gasteiger partial charge is 0.337 e. The number of hydrogen-bond acceptors (Lipinski definition) is 4. The van der Waals surface area contributed by atoms with E-state index in [1.807, 2.05) is 17.0 Å². The fourth-order valence-corrected chi connectivity index (χ4v) is 6.94. The summed E-state index contributed by atoms with van der Waals surface area (Å²) >= 11 is 0. The summed E-state index contributed by atoms with van der Waals surface area (Å²) in [5.74, 6) is -0.643. The van der Waals surface area contributed by atoms with Crippen molar-refractivity contribution in [1.29, 1.82) is 0 Å². The molecule has 0 N–H and O–H groups in total. The highest BCUT2D eigenvalue weighted by Crippen LogP contribution is 2.43. The van der Waals surface area contributed by atoms with Gasteiger partial charge < -0.3 is 4.90 Å². The summed E-state index contributed by atoms with van der Waals surface area (Å²) < 4.78 is 39.5. The third-order valence-corrected chi connectivity index (χ3v) is 8.64. The lowest BCUT2D eigenvalue weighted by Crippen LogP contribution is -2.47. The number of piperidine rings is 1. The predicted octanol–water partition coefficient (Wildman–Crippen LogP) is 3.30. The molecule has 3 heterocycles. The minimum absolute atomic E-state index is 0.00707. The third-order valence-electron chi connectivity index (χ3n) is 6.80. The zero-order valence-corrected chi connectivity index (χ0v) is 17.7. The molecule has 162 valence electrons. The summed E-state index contributed by atoms with van der Waals surface area (Å²) in [6.45, 7) is -0.147. The van der Waals surface area contributed by atoms with Crippen molar-refractivity contribution in [3.8, 4) is 0 Å². The van der Waals surface area contributed by atoms with E-state index in [1.165, 1.54) is 24.3 Å². The smallest absolute Gasteiger partial charge is 0.269 e. The fraction of sp³-hybridized carbons (Fsp3) is 0.391. The Morgan fingerprint density at radius 2 is 1.65 bits per heavy atom. The quantitative estimate of drug-likeness (QED) is 0.728. The van der Waals surface area contributed by atoms with Crippen molar-refractivity contribution >= 4 is 21.8 Å². The molecule has 5 rings (SSSR count). The molecule has 0 aliphatic carbocycles. The van der Waals surface area contributed by atoms with Gasteiger partial charge >= 0.3 is 0 Å². The van der Waals surface area contributed by atoms with E-state index < -0.39 is 15.9 Å². The van der Waals surface area contributed by atoms with E-state index in [-0.39, 0.29) is 53.2 Å². The van der Waals surface area contributed by atoms with E-state index in [0.717, 1.165) is 35.6 Å². The lowest BCUT2D eigenvalue weighted by Gasteiger charge is -2.39. The Balaban J connectivity index is 1.26. The molecule has 2 fully saturated rings. The van der Waals surface area contributed by atoms with E-state index in [9.17, 15) is 22.4 Å². The molecule has 0 saturated carbocycles. The van der Waals surface area contributed by atoms with Gasteiger partial charge in [-0.05, 0) is 61.4 Å². The van der Waals surface area contributed by atoms with Crippen molar-refractivity contribution in [2.24, 2.45) is 0 Å². The van der Waals surface area contributed by atoms with Crippen LogP contribution in [0.25, 0.3) is 0 Å². The molecule has 31 heavy (non-hydrogen) atoms. The Kier molecular flexibility index (Phi) is 4.84. The minimum atomic E-state index is -3.90. The predicted molar refractivity (Wildman–Crippen MR) is 111 cm³/mol.